The van der Waals surface area contributed by atoms with E-state index in [0.717, 1.165) is 32.2 Å². The monoisotopic (exact) mass is 372 g/mol. The minimum absolute atomic E-state index is 0.0546. The molecule has 0 radical (unpaired) electrons. The molecule has 1 heterocycles. The van der Waals surface area contributed by atoms with Crippen molar-refractivity contribution in [2.24, 2.45) is 11.3 Å². The number of hydrogen-bond acceptors (Lipinski definition) is 2. The Morgan fingerprint density at radius 1 is 1.19 bits per heavy atom. The molecule has 1 N–H and O–H groups in total. The highest BCUT2D eigenvalue weighted by molar-refractivity contribution is 5.84. The van der Waals surface area contributed by atoms with E-state index in [2.05, 4.69) is 24.4 Å². The lowest BCUT2D eigenvalue weighted by atomic mass is 9.90. The van der Waals surface area contributed by atoms with Crippen molar-refractivity contribution in [2.75, 3.05) is 13.1 Å². The highest BCUT2D eigenvalue weighted by atomic mass is 16.2. The Hall–Kier alpha value is -1.84. The number of amides is 2. The lowest BCUT2D eigenvalue weighted by Crippen LogP contribution is -2.49. The van der Waals surface area contributed by atoms with E-state index in [0.29, 0.717) is 6.54 Å². The Morgan fingerprint density at radius 3 is 2.52 bits per heavy atom. The summed E-state index contributed by atoms with van der Waals surface area (Å²) in [4.78, 5) is 27.5. The molecule has 2 atom stereocenters. The Morgan fingerprint density at radius 2 is 1.89 bits per heavy atom. The van der Waals surface area contributed by atoms with Gasteiger partial charge in [0, 0.05) is 18.5 Å². The first kappa shape index (κ1) is 21.5. The van der Waals surface area contributed by atoms with Crippen LogP contribution in [0.3, 0.4) is 0 Å². The molecule has 1 aliphatic heterocycles. The maximum atomic E-state index is 13.0. The first-order valence-corrected chi connectivity index (χ1v) is 10.5. The molecule has 2 amide bonds. The van der Waals surface area contributed by atoms with Crippen molar-refractivity contribution < 1.29 is 9.59 Å². The second-order valence-electron chi connectivity index (χ2n) is 8.81. The summed E-state index contributed by atoms with van der Waals surface area (Å²) in [5.74, 6) is 0.122. The van der Waals surface area contributed by atoms with E-state index < -0.39 is 5.41 Å². The van der Waals surface area contributed by atoms with Crippen LogP contribution in [0.4, 0.5) is 0 Å². The Kier molecular flexibility index (Phi) is 7.88. The number of rotatable bonds is 7. The Labute approximate surface area is 164 Å². The van der Waals surface area contributed by atoms with Gasteiger partial charge in [0.05, 0.1) is 12.0 Å². The summed E-state index contributed by atoms with van der Waals surface area (Å²) in [5, 5.41) is 3.28. The predicted molar refractivity (Wildman–Crippen MR) is 110 cm³/mol. The molecule has 2 unspecified atom stereocenters. The quantitative estimate of drug-likeness (QED) is 0.705. The van der Waals surface area contributed by atoms with Gasteiger partial charge in [-0.25, -0.2) is 0 Å². The standard InChI is InChI=1S/C23H36N2O2/c1-5-6-8-15-20(18-12-9-7-10-13-18)24-21(26)19-14-11-16-25(17-19)22(27)23(2,3)4/h7,9-10,12-13,19-20H,5-6,8,11,14-17H2,1-4H3,(H,24,26). The van der Waals surface area contributed by atoms with Crippen molar-refractivity contribution in [3.05, 3.63) is 35.9 Å². The average Bonchev–Trinajstić information content (AvgIpc) is 2.66. The number of benzene rings is 1. The van der Waals surface area contributed by atoms with Crippen molar-refractivity contribution in [1.29, 1.82) is 0 Å². The fourth-order valence-electron chi connectivity index (χ4n) is 3.75. The zero-order chi connectivity index (χ0) is 19.9. The zero-order valence-corrected chi connectivity index (χ0v) is 17.5. The minimum Gasteiger partial charge on any atom is -0.349 e. The first-order valence-electron chi connectivity index (χ1n) is 10.5. The molecule has 1 aromatic rings. The molecule has 150 valence electrons. The van der Waals surface area contributed by atoms with Gasteiger partial charge in [-0.05, 0) is 24.8 Å². The van der Waals surface area contributed by atoms with Gasteiger partial charge in [0.2, 0.25) is 11.8 Å². The minimum atomic E-state index is -0.398. The molecule has 1 fully saturated rings. The van der Waals surface area contributed by atoms with E-state index in [9.17, 15) is 9.59 Å². The Bertz CT molecular complexity index is 607. The van der Waals surface area contributed by atoms with E-state index in [1.807, 2.05) is 43.9 Å². The van der Waals surface area contributed by atoms with Gasteiger partial charge in [0.15, 0.2) is 0 Å². The highest BCUT2D eigenvalue weighted by Crippen LogP contribution is 2.25. The summed E-state index contributed by atoms with van der Waals surface area (Å²) in [6.45, 7) is 9.32. The maximum Gasteiger partial charge on any atom is 0.227 e. The molecule has 0 saturated carbocycles. The van der Waals surface area contributed by atoms with Crippen LogP contribution in [-0.4, -0.2) is 29.8 Å². The normalized spacial score (nSPS) is 18.8. The molecule has 27 heavy (non-hydrogen) atoms. The van der Waals surface area contributed by atoms with Crippen LogP contribution in [0, 0.1) is 11.3 Å². The summed E-state index contributed by atoms with van der Waals surface area (Å²) < 4.78 is 0. The molecular formula is C23H36N2O2. The fourth-order valence-corrected chi connectivity index (χ4v) is 3.75. The lowest BCUT2D eigenvalue weighted by molar-refractivity contribution is -0.142. The van der Waals surface area contributed by atoms with Crippen molar-refractivity contribution >= 4 is 11.8 Å². The van der Waals surface area contributed by atoms with Crippen LogP contribution in [0.25, 0.3) is 0 Å². The van der Waals surface area contributed by atoms with Gasteiger partial charge < -0.3 is 10.2 Å². The van der Waals surface area contributed by atoms with Crippen LogP contribution in [0.5, 0.6) is 0 Å². The number of piperidine rings is 1. The van der Waals surface area contributed by atoms with Crippen molar-refractivity contribution in [2.45, 2.75) is 72.3 Å². The number of unbranched alkanes of at least 4 members (excludes halogenated alkanes) is 2. The van der Waals surface area contributed by atoms with E-state index in [1.54, 1.807) is 0 Å². The summed E-state index contributed by atoms with van der Waals surface area (Å²) in [6, 6.07) is 10.3. The third-order valence-electron chi connectivity index (χ3n) is 5.34. The molecule has 0 aromatic heterocycles. The number of carbonyl (C=O) groups is 2. The lowest BCUT2D eigenvalue weighted by Gasteiger charge is -2.36. The predicted octanol–water partition coefficient (Wildman–Crippen LogP) is 4.71. The van der Waals surface area contributed by atoms with Crippen LogP contribution in [0.2, 0.25) is 0 Å². The van der Waals surface area contributed by atoms with Crippen LogP contribution >= 0.6 is 0 Å². The second kappa shape index (κ2) is 9.91. The average molecular weight is 373 g/mol. The molecule has 1 aromatic carbocycles. The van der Waals surface area contributed by atoms with Crippen LogP contribution in [0.1, 0.15) is 77.8 Å². The smallest absolute Gasteiger partial charge is 0.227 e. The fraction of sp³-hybridized carbons (Fsp3) is 0.652. The van der Waals surface area contributed by atoms with E-state index in [1.165, 1.54) is 18.4 Å². The summed E-state index contributed by atoms with van der Waals surface area (Å²) >= 11 is 0. The van der Waals surface area contributed by atoms with Gasteiger partial charge in [0.1, 0.15) is 0 Å². The van der Waals surface area contributed by atoms with Crippen LogP contribution in [0.15, 0.2) is 30.3 Å². The van der Waals surface area contributed by atoms with Gasteiger partial charge in [0.25, 0.3) is 0 Å². The number of carbonyl (C=O) groups excluding carboxylic acids is 2. The number of hydrogen-bond donors (Lipinski definition) is 1. The second-order valence-corrected chi connectivity index (χ2v) is 8.81. The number of likely N-dealkylation sites (tertiary alicyclic amines) is 1. The Balaban J connectivity index is 2.02. The van der Waals surface area contributed by atoms with E-state index >= 15 is 0 Å². The molecule has 0 spiro atoms. The first-order chi connectivity index (χ1) is 12.8. The maximum absolute atomic E-state index is 13.0. The van der Waals surface area contributed by atoms with E-state index in [4.69, 9.17) is 0 Å². The number of nitrogens with zero attached hydrogens (tertiary/aromatic N) is 1. The summed E-state index contributed by atoms with van der Waals surface area (Å²) in [5.41, 5.74) is 0.769. The zero-order valence-electron chi connectivity index (χ0n) is 17.5. The topological polar surface area (TPSA) is 49.4 Å². The van der Waals surface area contributed by atoms with Crippen LogP contribution in [-0.2, 0) is 9.59 Å². The van der Waals surface area contributed by atoms with Gasteiger partial charge in [-0.15, -0.1) is 0 Å². The number of nitrogens with one attached hydrogen (secondary N) is 1. The van der Waals surface area contributed by atoms with Gasteiger partial charge >= 0.3 is 0 Å². The molecule has 1 saturated heterocycles. The van der Waals surface area contributed by atoms with Crippen molar-refractivity contribution in [3.63, 3.8) is 0 Å². The largest absolute Gasteiger partial charge is 0.349 e. The molecule has 0 aliphatic carbocycles. The third-order valence-corrected chi connectivity index (χ3v) is 5.34. The highest BCUT2D eigenvalue weighted by Gasteiger charge is 2.33. The van der Waals surface area contributed by atoms with Gasteiger partial charge in [-0.1, -0.05) is 77.3 Å². The summed E-state index contributed by atoms with van der Waals surface area (Å²) in [6.07, 6.45) is 6.16. The summed E-state index contributed by atoms with van der Waals surface area (Å²) in [7, 11) is 0. The van der Waals surface area contributed by atoms with E-state index in [-0.39, 0.29) is 23.8 Å². The SMILES string of the molecule is CCCCCC(NC(=O)C1CCCN(C(=O)C(C)(C)C)C1)c1ccccc1. The molecule has 4 nitrogen and oxygen atoms in total. The molecule has 4 heteroatoms. The molecule has 2 rings (SSSR count). The van der Waals surface area contributed by atoms with Crippen LogP contribution < -0.4 is 5.32 Å². The van der Waals surface area contributed by atoms with Crippen molar-refractivity contribution in [3.8, 4) is 0 Å². The third kappa shape index (κ3) is 6.37. The molecule has 1 aliphatic rings. The van der Waals surface area contributed by atoms with Gasteiger partial charge in [-0.2, -0.15) is 0 Å². The molecular weight excluding hydrogens is 336 g/mol. The molecule has 0 bridgehead atoms. The van der Waals surface area contributed by atoms with Crippen molar-refractivity contribution in [1.82, 2.24) is 10.2 Å². The van der Waals surface area contributed by atoms with Gasteiger partial charge in [-0.3, -0.25) is 9.59 Å².